The number of urea groups is 1. The van der Waals surface area contributed by atoms with Crippen molar-refractivity contribution in [1.82, 2.24) is 25.6 Å². The third-order valence-corrected chi connectivity index (χ3v) is 10.4. The van der Waals surface area contributed by atoms with Gasteiger partial charge in [0.2, 0.25) is 11.8 Å². The first-order chi connectivity index (χ1) is 28.2. The second-order valence-electron chi connectivity index (χ2n) is 14.7. The molecule has 1 saturated heterocycles. The number of hydrogen-bond donors (Lipinski definition) is 3. The maximum atomic E-state index is 14.6. The zero-order valence-electron chi connectivity index (χ0n) is 33.0. The van der Waals surface area contributed by atoms with Crippen LogP contribution in [0.1, 0.15) is 40.9 Å². The van der Waals surface area contributed by atoms with E-state index in [1.54, 1.807) is 40.2 Å². The van der Waals surface area contributed by atoms with Gasteiger partial charge in [-0.15, -0.1) is 0 Å². The molecule has 6 aromatic rings. The number of rotatable bonds is 11. The molecule has 0 unspecified atom stereocenters. The molecule has 1 aliphatic heterocycles. The lowest BCUT2D eigenvalue weighted by Gasteiger charge is -2.37. The SMILES string of the molecule is COc1ccc(CNC(=O)N(C(C)C)N2CCN(Cc3cccc4ccccc34)C(=O)[C@H](Cc3ccc(NC(=O)c4cccc5ccccc45)cc3)NC(=O)C2)cc1. The Morgan fingerprint density at radius 2 is 1.41 bits per heavy atom. The van der Waals surface area contributed by atoms with E-state index in [0.29, 0.717) is 17.8 Å². The molecule has 296 valence electrons. The van der Waals surface area contributed by atoms with Crippen LogP contribution >= 0.6 is 0 Å². The van der Waals surface area contributed by atoms with Gasteiger partial charge in [0.05, 0.1) is 13.7 Å². The van der Waals surface area contributed by atoms with Crippen molar-refractivity contribution < 1.29 is 23.9 Å². The lowest BCUT2D eigenvalue weighted by atomic mass is 10.0. The van der Waals surface area contributed by atoms with Crippen molar-refractivity contribution in [3.8, 4) is 5.75 Å². The zero-order chi connectivity index (χ0) is 40.6. The number of carbonyl (C=O) groups is 4. The molecule has 3 N–H and O–H groups in total. The number of carbonyl (C=O) groups excluding carboxylic acids is 4. The molecular weight excluding hydrogens is 729 g/mol. The van der Waals surface area contributed by atoms with Gasteiger partial charge in [-0.1, -0.05) is 103 Å². The average Bonchev–Trinajstić information content (AvgIpc) is 3.29. The monoisotopic (exact) mass is 776 g/mol. The van der Waals surface area contributed by atoms with Crippen LogP contribution in [0.2, 0.25) is 0 Å². The van der Waals surface area contributed by atoms with E-state index < -0.39 is 6.04 Å². The number of hydrazine groups is 1. The Hall–Kier alpha value is -6.72. The van der Waals surface area contributed by atoms with Gasteiger partial charge in [0.25, 0.3) is 5.91 Å². The highest BCUT2D eigenvalue weighted by Gasteiger charge is 2.33. The third-order valence-electron chi connectivity index (χ3n) is 10.4. The van der Waals surface area contributed by atoms with E-state index in [4.69, 9.17) is 4.74 Å². The smallest absolute Gasteiger partial charge is 0.332 e. The van der Waals surface area contributed by atoms with Crippen LogP contribution in [0.5, 0.6) is 5.75 Å². The molecule has 7 rings (SSSR count). The molecule has 11 heteroatoms. The molecule has 11 nitrogen and oxygen atoms in total. The Kier molecular flexibility index (Phi) is 12.3. The summed E-state index contributed by atoms with van der Waals surface area (Å²) in [4.78, 5) is 57.3. The van der Waals surface area contributed by atoms with Crippen molar-refractivity contribution in [2.45, 2.75) is 45.4 Å². The first-order valence-electron chi connectivity index (χ1n) is 19.5. The van der Waals surface area contributed by atoms with Crippen molar-refractivity contribution in [3.05, 3.63) is 156 Å². The molecule has 0 radical (unpaired) electrons. The Morgan fingerprint density at radius 1 is 0.776 bits per heavy atom. The molecule has 0 aromatic heterocycles. The second-order valence-corrected chi connectivity index (χ2v) is 14.7. The van der Waals surface area contributed by atoms with E-state index in [-0.39, 0.29) is 62.4 Å². The summed E-state index contributed by atoms with van der Waals surface area (Å²) >= 11 is 0. The van der Waals surface area contributed by atoms with Crippen LogP contribution in [0.25, 0.3) is 21.5 Å². The normalized spacial score (nSPS) is 15.0. The molecule has 5 amide bonds. The van der Waals surface area contributed by atoms with Crippen molar-refractivity contribution in [1.29, 1.82) is 0 Å². The average molecular weight is 777 g/mol. The Bertz CT molecular complexity index is 2410. The van der Waals surface area contributed by atoms with E-state index >= 15 is 0 Å². The summed E-state index contributed by atoms with van der Waals surface area (Å²) in [5.74, 6) is -0.100. The van der Waals surface area contributed by atoms with Gasteiger partial charge in [-0.05, 0) is 82.4 Å². The standard InChI is InChI=1S/C47H48N6O5/c1-32(2)53(47(57)48-29-34-20-24-39(58-3)25-21-34)52-27-26-51(30-37-14-8-12-35-10-4-6-15-40(35)37)46(56)43(50-44(54)31-52)28-33-18-22-38(23-19-33)49-45(55)42-17-9-13-36-11-5-7-16-41(36)42/h4-25,32,43H,26-31H2,1-3H3,(H,48,57)(H,49,55)(H,50,54)/t43-/m0/s1. The highest BCUT2D eigenvalue weighted by molar-refractivity contribution is 6.13. The van der Waals surface area contributed by atoms with Crippen molar-refractivity contribution in [2.24, 2.45) is 0 Å². The number of fused-ring (bicyclic) bond motifs is 2. The molecule has 1 atom stereocenters. The minimum atomic E-state index is -0.880. The molecule has 0 saturated carbocycles. The summed E-state index contributed by atoms with van der Waals surface area (Å²) in [6.45, 7) is 4.77. The van der Waals surface area contributed by atoms with Crippen molar-refractivity contribution in [2.75, 3.05) is 32.1 Å². The maximum absolute atomic E-state index is 14.6. The van der Waals surface area contributed by atoms with Crippen LogP contribution < -0.4 is 20.7 Å². The summed E-state index contributed by atoms with van der Waals surface area (Å²) in [6, 6.07) is 40.8. The molecule has 58 heavy (non-hydrogen) atoms. The minimum absolute atomic E-state index is 0.126. The molecule has 1 aliphatic rings. The highest BCUT2D eigenvalue weighted by Crippen LogP contribution is 2.23. The van der Waals surface area contributed by atoms with Gasteiger partial charge in [0, 0.05) is 49.9 Å². The molecular formula is C47H48N6O5. The van der Waals surface area contributed by atoms with Gasteiger partial charge in [-0.25, -0.2) is 9.80 Å². The second kappa shape index (κ2) is 18.0. The van der Waals surface area contributed by atoms with Gasteiger partial charge in [0.15, 0.2) is 0 Å². The number of amides is 5. The molecule has 1 heterocycles. The fourth-order valence-electron chi connectivity index (χ4n) is 7.50. The van der Waals surface area contributed by atoms with Crippen molar-refractivity contribution in [3.63, 3.8) is 0 Å². The van der Waals surface area contributed by atoms with Gasteiger partial charge in [-0.2, -0.15) is 0 Å². The summed E-state index contributed by atoms with van der Waals surface area (Å²) in [6.07, 6.45) is 0.227. The van der Waals surface area contributed by atoms with Gasteiger partial charge in [-0.3, -0.25) is 19.4 Å². The van der Waals surface area contributed by atoms with E-state index in [9.17, 15) is 19.2 Å². The zero-order valence-corrected chi connectivity index (χ0v) is 33.0. The fourth-order valence-corrected chi connectivity index (χ4v) is 7.50. The molecule has 6 aromatic carbocycles. The van der Waals surface area contributed by atoms with Crippen LogP contribution in [0, 0.1) is 0 Å². The van der Waals surface area contributed by atoms with Gasteiger partial charge >= 0.3 is 6.03 Å². The van der Waals surface area contributed by atoms with Crippen LogP contribution in [0.3, 0.4) is 0 Å². The van der Waals surface area contributed by atoms with Gasteiger partial charge < -0.3 is 25.6 Å². The summed E-state index contributed by atoms with van der Waals surface area (Å²) in [5, 5.41) is 16.3. The Morgan fingerprint density at radius 3 is 2.12 bits per heavy atom. The predicted octanol–water partition coefficient (Wildman–Crippen LogP) is 7.16. The van der Waals surface area contributed by atoms with Crippen LogP contribution in [-0.4, -0.2) is 77.5 Å². The molecule has 0 spiro atoms. The lowest BCUT2D eigenvalue weighted by molar-refractivity contribution is -0.136. The molecule has 1 fully saturated rings. The number of anilines is 1. The highest BCUT2D eigenvalue weighted by atomic mass is 16.5. The molecule has 0 aliphatic carbocycles. The van der Waals surface area contributed by atoms with E-state index in [1.807, 2.05) is 129 Å². The van der Waals surface area contributed by atoms with E-state index in [2.05, 4.69) is 16.0 Å². The topological polar surface area (TPSA) is 123 Å². The minimum Gasteiger partial charge on any atom is -0.497 e. The van der Waals surface area contributed by atoms with Crippen LogP contribution in [0.4, 0.5) is 10.5 Å². The quantitative estimate of drug-likeness (QED) is 0.128. The maximum Gasteiger partial charge on any atom is 0.332 e. The van der Waals surface area contributed by atoms with Gasteiger partial charge in [0.1, 0.15) is 11.8 Å². The first kappa shape index (κ1) is 39.5. The number of ether oxygens (including phenoxy) is 1. The number of methoxy groups -OCH3 is 1. The largest absolute Gasteiger partial charge is 0.497 e. The third kappa shape index (κ3) is 9.28. The summed E-state index contributed by atoms with van der Waals surface area (Å²) in [7, 11) is 1.60. The number of nitrogens with zero attached hydrogens (tertiary/aromatic N) is 3. The first-order valence-corrected chi connectivity index (χ1v) is 19.5. The van der Waals surface area contributed by atoms with E-state index in [0.717, 1.165) is 44.0 Å². The summed E-state index contributed by atoms with van der Waals surface area (Å²) < 4.78 is 5.26. The molecule has 0 bridgehead atoms. The predicted molar refractivity (Wildman–Crippen MR) is 227 cm³/mol. The number of hydrogen-bond acceptors (Lipinski definition) is 6. The number of nitrogens with one attached hydrogen (secondary N) is 3. The van der Waals surface area contributed by atoms with Crippen LogP contribution in [0.15, 0.2) is 133 Å². The van der Waals surface area contributed by atoms with E-state index in [1.165, 1.54) is 0 Å². The summed E-state index contributed by atoms with van der Waals surface area (Å²) in [5.41, 5.74) is 3.87. The Balaban J connectivity index is 1.11. The van der Waals surface area contributed by atoms with Crippen LogP contribution in [-0.2, 0) is 29.1 Å². The number of benzene rings is 6. The lowest BCUT2D eigenvalue weighted by Crippen LogP contribution is -2.57. The van der Waals surface area contributed by atoms with Crippen molar-refractivity contribution >= 4 is 51.0 Å². The Labute approximate surface area is 338 Å². The fraction of sp³-hybridized carbons (Fsp3) is 0.234.